The van der Waals surface area contributed by atoms with Crippen LogP contribution in [0, 0.1) is 6.92 Å². The van der Waals surface area contributed by atoms with Crippen LogP contribution < -0.4 is 16.0 Å². The van der Waals surface area contributed by atoms with Crippen molar-refractivity contribution in [2.45, 2.75) is 52.9 Å². The molecule has 1 heterocycles. The number of carbonyl (C=O) groups excluding carboxylic acids is 2. The topological polar surface area (TPSA) is 96.0 Å². The summed E-state index contributed by atoms with van der Waals surface area (Å²) in [5.41, 5.74) is 5.13. The third-order valence-corrected chi connectivity index (χ3v) is 6.07. The second-order valence-corrected chi connectivity index (χ2v) is 9.56. The summed E-state index contributed by atoms with van der Waals surface area (Å²) in [6.07, 6.45) is 0.135. The molecule has 1 aromatic heterocycles. The molecule has 0 aliphatic rings. The molecule has 0 radical (unpaired) electrons. The average Bonchev–Trinajstić information content (AvgIpc) is 3.22. The van der Waals surface area contributed by atoms with E-state index in [1.165, 1.54) is 11.3 Å². The van der Waals surface area contributed by atoms with E-state index in [-0.39, 0.29) is 36.7 Å². The van der Waals surface area contributed by atoms with Crippen LogP contribution in [0.5, 0.6) is 0 Å². The van der Waals surface area contributed by atoms with Gasteiger partial charge < -0.3 is 16.0 Å². The van der Waals surface area contributed by atoms with Gasteiger partial charge >= 0.3 is 6.03 Å². The first-order valence-electron chi connectivity index (χ1n) is 11.1. The number of nitrogens with one attached hydrogen (secondary N) is 3. The van der Waals surface area contributed by atoms with E-state index < -0.39 is 0 Å². The van der Waals surface area contributed by atoms with Crippen molar-refractivity contribution in [1.82, 2.24) is 15.5 Å². The molecular weight excluding hydrogens is 434 g/mol. The molecule has 3 rings (SSSR count). The number of carbonyl (C=O) groups is 2. The van der Waals surface area contributed by atoms with Crippen molar-refractivity contribution >= 4 is 34.1 Å². The van der Waals surface area contributed by atoms with Crippen molar-refractivity contribution in [3.8, 4) is 10.6 Å². The Morgan fingerprint density at radius 2 is 1.61 bits per heavy atom. The molecule has 3 aromatic rings. The summed E-state index contributed by atoms with van der Waals surface area (Å²) in [6, 6.07) is 13.7. The molecule has 0 spiro atoms. The van der Waals surface area contributed by atoms with Gasteiger partial charge in [-0.25, -0.2) is 4.79 Å². The molecule has 0 aliphatic heterocycles. The van der Waals surface area contributed by atoms with E-state index in [1.54, 1.807) is 0 Å². The molecule has 0 saturated carbocycles. The molecule has 3 amide bonds. The number of amides is 3. The first kappa shape index (κ1) is 24.4. The first-order chi connectivity index (χ1) is 15.7. The van der Waals surface area contributed by atoms with E-state index >= 15 is 0 Å². The van der Waals surface area contributed by atoms with E-state index in [0.717, 1.165) is 32.9 Å². The lowest BCUT2D eigenvalue weighted by Gasteiger charge is -2.20. The standard InChI is InChI=1S/C25H31N5O2S/c1-15(2)19-10-7-11-20(16(3)4)22(19)28-24(32)26-13-12-21(31)27-25-30-29-23(33-25)18-9-6-8-17(5)14-18/h6-11,14-16H,12-13H2,1-5H3,(H2,26,28,32)(H,27,30,31). The van der Waals surface area contributed by atoms with Crippen LogP contribution in [0.2, 0.25) is 0 Å². The summed E-state index contributed by atoms with van der Waals surface area (Å²) >= 11 is 1.32. The molecule has 2 aromatic carbocycles. The number of benzene rings is 2. The van der Waals surface area contributed by atoms with Crippen LogP contribution in [-0.4, -0.2) is 28.7 Å². The summed E-state index contributed by atoms with van der Waals surface area (Å²) in [5, 5.41) is 17.9. The fourth-order valence-electron chi connectivity index (χ4n) is 3.49. The van der Waals surface area contributed by atoms with E-state index in [0.29, 0.717) is 5.13 Å². The normalized spacial score (nSPS) is 11.0. The molecule has 3 N–H and O–H groups in total. The van der Waals surface area contributed by atoms with Crippen LogP contribution in [0.4, 0.5) is 15.6 Å². The third-order valence-electron chi connectivity index (χ3n) is 5.19. The predicted octanol–water partition coefficient (Wildman–Crippen LogP) is 5.91. The van der Waals surface area contributed by atoms with Crippen molar-refractivity contribution < 1.29 is 9.59 Å². The van der Waals surface area contributed by atoms with Gasteiger partial charge in [0.1, 0.15) is 5.01 Å². The zero-order chi connectivity index (χ0) is 24.0. The van der Waals surface area contributed by atoms with Crippen LogP contribution in [0.3, 0.4) is 0 Å². The second kappa shape index (κ2) is 11.0. The number of aromatic nitrogens is 2. The van der Waals surface area contributed by atoms with Gasteiger partial charge in [0.05, 0.1) is 0 Å². The molecule has 0 bridgehead atoms. The number of nitrogens with zero attached hydrogens (tertiary/aromatic N) is 2. The van der Waals surface area contributed by atoms with Gasteiger partial charge in [0.25, 0.3) is 0 Å². The molecule has 0 unspecified atom stereocenters. The molecule has 7 nitrogen and oxygen atoms in total. The van der Waals surface area contributed by atoms with Crippen LogP contribution >= 0.6 is 11.3 Å². The minimum atomic E-state index is -0.324. The second-order valence-electron chi connectivity index (χ2n) is 8.58. The maximum absolute atomic E-state index is 12.5. The highest BCUT2D eigenvalue weighted by molar-refractivity contribution is 7.18. The van der Waals surface area contributed by atoms with E-state index in [4.69, 9.17) is 0 Å². The highest BCUT2D eigenvalue weighted by Gasteiger charge is 2.16. The van der Waals surface area contributed by atoms with Gasteiger partial charge in [-0.1, -0.05) is 81.0 Å². The molecule has 8 heteroatoms. The molecule has 0 fully saturated rings. The van der Waals surface area contributed by atoms with Crippen LogP contribution in [-0.2, 0) is 4.79 Å². The van der Waals surface area contributed by atoms with Gasteiger partial charge in [-0.15, -0.1) is 10.2 Å². The molecule has 174 valence electrons. The highest BCUT2D eigenvalue weighted by Crippen LogP contribution is 2.32. The molecule has 0 aliphatic carbocycles. The Hall–Kier alpha value is -3.26. The van der Waals surface area contributed by atoms with Gasteiger partial charge in [-0.05, 0) is 36.0 Å². The fourth-order valence-corrected chi connectivity index (χ4v) is 4.25. The zero-order valence-electron chi connectivity index (χ0n) is 19.7. The molecule has 33 heavy (non-hydrogen) atoms. The summed E-state index contributed by atoms with van der Waals surface area (Å²) in [6.45, 7) is 10.6. The van der Waals surface area contributed by atoms with Gasteiger partial charge in [0.2, 0.25) is 11.0 Å². The quantitative estimate of drug-likeness (QED) is 0.385. The largest absolute Gasteiger partial charge is 0.337 e. The van der Waals surface area contributed by atoms with Crippen molar-refractivity contribution in [2.24, 2.45) is 0 Å². The summed E-state index contributed by atoms with van der Waals surface area (Å²) in [5.74, 6) is 0.329. The highest BCUT2D eigenvalue weighted by atomic mass is 32.1. The van der Waals surface area contributed by atoms with Crippen LogP contribution in [0.1, 0.15) is 62.6 Å². The van der Waals surface area contributed by atoms with Crippen molar-refractivity contribution in [2.75, 3.05) is 17.2 Å². The summed E-state index contributed by atoms with van der Waals surface area (Å²) in [4.78, 5) is 24.8. The Labute approximate surface area is 199 Å². The van der Waals surface area contributed by atoms with E-state index in [9.17, 15) is 9.59 Å². The lowest BCUT2D eigenvalue weighted by atomic mass is 9.93. The minimum Gasteiger partial charge on any atom is -0.337 e. The number of para-hydroxylation sites is 1. The van der Waals surface area contributed by atoms with Crippen molar-refractivity contribution in [3.05, 3.63) is 59.2 Å². The number of rotatable bonds is 8. The zero-order valence-corrected chi connectivity index (χ0v) is 20.5. The fraction of sp³-hybridized carbons (Fsp3) is 0.360. The van der Waals surface area contributed by atoms with Gasteiger partial charge in [-0.2, -0.15) is 0 Å². The van der Waals surface area contributed by atoms with Crippen LogP contribution in [0.15, 0.2) is 42.5 Å². The Balaban J connectivity index is 1.52. The molecule has 0 atom stereocenters. The Kier molecular flexibility index (Phi) is 8.16. The maximum Gasteiger partial charge on any atom is 0.319 e. The average molecular weight is 466 g/mol. The number of anilines is 2. The lowest BCUT2D eigenvalue weighted by molar-refractivity contribution is -0.116. The van der Waals surface area contributed by atoms with E-state index in [1.807, 2.05) is 49.4 Å². The summed E-state index contributed by atoms with van der Waals surface area (Å²) in [7, 11) is 0. The number of aryl methyl sites for hydroxylation is 1. The Bertz CT molecular complexity index is 1100. The lowest BCUT2D eigenvalue weighted by Crippen LogP contribution is -2.32. The SMILES string of the molecule is Cc1cccc(-c2nnc(NC(=O)CCNC(=O)Nc3c(C(C)C)cccc3C(C)C)s2)c1. The Morgan fingerprint density at radius 3 is 2.24 bits per heavy atom. The van der Waals surface area contributed by atoms with Gasteiger partial charge in [0, 0.05) is 24.2 Å². The number of hydrogen-bond acceptors (Lipinski definition) is 5. The minimum absolute atomic E-state index is 0.135. The van der Waals surface area contributed by atoms with E-state index in [2.05, 4.69) is 53.8 Å². The molecular formula is C25H31N5O2S. The van der Waals surface area contributed by atoms with Crippen molar-refractivity contribution in [3.63, 3.8) is 0 Å². The number of urea groups is 1. The maximum atomic E-state index is 12.5. The van der Waals surface area contributed by atoms with Crippen LogP contribution in [0.25, 0.3) is 10.6 Å². The predicted molar refractivity (Wildman–Crippen MR) is 135 cm³/mol. The molecule has 0 saturated heterocycles. The van der Waals surface area contributed by atoms with Gasteiger partial charge in [0.15, 0.2) is 0 Å². The van der Waals surface area contributed by atoms with Gasteiger partial charge in [-0.3, -0.25) is 4.79 Å². The van der Waals surface area contributed by atoms with Crippen molar-refractivity contribution in [1.29, 1.82) is 0 Å². The Morgan fingerprint density at radius 1 is 0.939 bits per heavy atom. The smallest absolute Gasteiger partial charge is 0.319 e. The number of hydrogen-bond donors (Lipinski definition) is 3. The third kappa shape index (κ3) is 6.61. The monoisotopic (exact) mass is 465 g/mol. The first-order valence-corrected chi connectivity index (χ1v) is 11.9. The summed E-state index contributed by atoms with van der Waals surface area (Å²) < 4.78 is 0.